The molecular formula is C11H9N3O. The first-order chi connectivity index (χ1) is 7.31. The van der Waals surface area contributed by atoms with Gasteiger partial charge < -0.3 is 0 Å². The first-order valence-corrected chi connectivity index (χ1v) is 4.47. The topological polar surface area (TPSA) is 47.2 Å². The summed E-state index contributed by atoms with van der Waals surface area (Å²) in [5.74, 6) is 0. The Morgan fingerprint density at radius 1 is 1.40 bits per heavy atom. The van der Waals surface area contributed by atoms with Crippen molar-refractivity contribution < 1.29 is 4.79 Å². The van der Waals surface area contributed by atoms with Crippen molar-refractivity contribution >= 4 is 11.8 Å². The molecule has 0 fully saturated rings. The number of hydrogen-bond donors (Lipinski definition) is 0. The van der Waals surface area contributed by atoms with Gasteiger partial charge in [0.25, 0.3) is 0 Å². The fourth-order valence-electron chi connectivity index (χ4n) is 1.44. The van der Waals surface area contributed by atoms with Gasteiger partial charge >= 0.3 is 0 Å². The lowest BCUT2D eigenvalue weighted by atomic mass is 10.1. The normalized spacial score (nSPS) is 9.67. The third-order valence-electron chi connectivity index (χ3n) is 2.14. The van der Waals surface area contributed by atoms with Gasteiger partial charge in [-0.05, 0) is 18.2 Å². The van der Waals surface area contributed by atoms with Crippen LogP contribution in [0.3, 0.4) is 0 Å². The Kier molecular flexibility index (Phi) is 2.44. The number of hydrogen-bond acceptors (Lipinski definition) is 3. The molecule has 0 amide bonds. The number of benzene rings is 1. The predicted octanol–water partition coefficient (Wildman–Crippen LogP) is 2.05. The maximum atomic E-state index is 10.1. The van der Waals surface area contributed by atoms with E-state index in [4.69, 9.17) is 0 Å². The highest BCUT2D eigenvalue weighted by Crippen LogP contribution is 2.22. The maximum Gasteiger partial charge on any atom is 0.240 e. The zero-order chi connectivity index (χ0) is 10.7. The molecule has 0 aliphatic carbocycles. The summed E-state index contributed by atoms with van der Waals surface area (Å²) >= 11 is 0. The Labute approximate surface area is 86.9 Å². The van der Waals surface area contributed by atoms with E-state index in [-0.39, 0.29) is 0 Å². The van der Waals surface area contributed by atoms with Crippen LogP contribution in [0.5, 0.6) is 0 Å². The number of nitrogens with zero attached hydrogens (tertiary/aromatic N) is 3. The van der Waals surface area contributed by atoms with Crippen LogP contribution in [0.4, 0.5) is 5.69 Å². The van der Waals surface area contributed by atoms with Crippen LogP contribution < -0.4 is 0 Å². The highest BCUT2D eigenvalue weighted by Gasteiger charge is 2.02. The molecule has 1 aromatic carbocycles. The van der Waals surface area contributed by atoms with Crippen LogP contribution in [-0.2, 0) is 11.8 Å². The molecule has 1 heterocycles. The van der Waals surface area contributed by atoms with Crippen LogP contribution in [0.1, 0.15) is 0 Å². The standard InChI is InChI=1S/C11H9N3O/c1-14-11(5-6-13-14)9-3-2-4-10(7-9)12-8-15/h2-7H,1H3. The monoisotopic (exact) mass is 199 g/mol. The molecule has 0 aliphatic rings. The number of isocyanates is 1. The molecule has 15 heavy (non-hydrogen) atoms. The lowest BCUT2D eigenvalue weighted by Gasteiger charge is -2.01. The summed E-state index contributed by atoms with van der Waals surface area (Å²) in [4.78, 5) is 13.7. The highest BCUT2D eigenvalue weighted by atomic mass is 16.1. The van der Waals surface area contributed by atoms with Gasteiger partial charge in [-0.2, -0.15) is 10.1 Å². The van der Waals surface area contributed by atoms with Crippen molar-refractivity contribution in [2.24, 2.45) is 12.0 Å². The van der Waals surface area contributed by atoms with Gasteiger partial charge in [-0.3, -0.25) is 4.68 Å². The van der Waals surface area contributed by atoms with Crippen LogP contribution >= 0.6 is 0 Å². The van der Waals surface area contributed by atoms with Crippen molar-refractivity contribution in [3.63, 3.8) is 0 Å². The molecule has 2 aromatic rings. The smallest absolute Gasteiger partial charge is 0.240 e. The van der Waals surface area contributed by atoms with E-state index < -0.39 is 0 Å². The number of carbonyl (C=O) groups excluding carboxylic acids is 1. The molecule has 0 atom stereocenters. The lowest BCUT2D eigenvalue weighted by molar-refractivity contribution is 0.565. The molecule has 4 heteroatoms. The number of aryl methyl sites for hydroxylation is 1. The Morgan fingerprint density at radius 3 is 2.93 bits per heavy atom. The molecule has 0 saturated heterocycles. The van der Waals surface area contributed by atoms with Crippen LogP contribution in [0.15, 0.2) is 41.5 Å². The Morgan fingerprint density at radius 2 is 2.27 bits per heavy atom. The molecule has 0 unspecified atom stereocenters. The largest absolute Gasteiger partial charge is 0.268 e. The van der Waals surface area contributed by atoms with E-state index in [1.807, 2.05) is 31.3 Å². The van der Waals surface area contributed by atoms with Crippen molar-refractivity contribution in [2.75, 3.05) is 0 Å². The van der Waals surface area contributed by atoms with Gasteiger partial charge in [0.15, 0.2) is 0 Å². The van der Waals surface area contributed by atoms with E-state index in [1.165, 1.54) is 6.08 Å². The second-order valence-corrected chi connectivity index (χ2v) is 3.09. The molecule has 0 aliphatic heterocycles. The molecule has 0 radical (unpaired) electrons. The Balaban J connectivity index is 2.50. The van der Waals surface area contributed by atoms with Crippen molar-refractivity contribution in [1.82, 2.24) is 9.78 Å². The molecule has 0 spiro atoms. The lowest BCUT2D eigenvalue weighted by Crippen LogP contribution is -1.92. The van der Waals surface area contributed by atoms with Crippen molar-refractivity contribution in [3.8, 4) is 11.3 Å². The number of aliphatic imine (C=N–C) groups is 1. The SMILES string of the molecule is Cn1nccc1-c1cccc(N=C=O)c1. The van der Waals surface area contributed by atoms with E-state index in [0.717, 1.165) is 11.3 Å². The summed E-state index contributed by atoms with van der Waals surface area (Å²) < 4.78 is 1.77. The van der Waals surface area contributed by atoms with Gasteiger partial charge in [0, 0.05) is 18.8 Å². The maximum absolute atomic E-state index is 10.1. The first kappa shape index (κ1) is 9.37. The zero-order valence-corrected chi connectivity index (χ0v) is 8.21. The molecule has 0 saturated carbocycles. The molecule has 1 aromatic heterocycles. The zero-order valence-electron chi connectivity index (χ0n) is 8.21. The van der Waals surface area contributed by atoms with Crippen LogP contribution in [0, 0.1) is 0 Å². The van der Waals surface area contributed by atoms with Crippen LogP contribution in [0.2, 0.25) is 0 Å². The third-order valence-corrected chi connectivity index (χ3v) is 2.14. The van der Waals surface area contributed by atoms with Gasteiger partial charge in [0.2, 0.25) is 6.08 Å². The van der Waals surface area contributed by atoms with Gasteiger partial charge in [0.1, 0.15) is 0 Å². The van der Waals surface area contributed by atoms with Gasteiger partial charge in [-0.1, -0.05) is 12.1 Å². The minimum Gasteiger partial charge on any atom is -0.268 e. The minimum absolute atomic E-state index is 0.601. The molecular weight excluding hydrogens is 190 g/mol. The average Bonchev–Trinajstić information content (AvgIpc) is 2.65. The highest BCUT2D eigenvalue weighted by molar-refractivity contribution is 5.65. The van der Waals surface area contributed by atoms with Crippen LogP contribution in [0.25, 0.3) is 11.3 Å². The fourth-order valence-corrected chi connectivity index (χ4v) is 1.44. The summed E-state index contributed by atoms with van der Waals surface area (Å²) in [7, 11) is 1.87. The van der Waals surface area contributed by atoms with E-state index in [1.54, 1.807) is 16.9 Å². The Hall–Kier alpha value is -2.19. The quantitative estimate of drug-likeness (QED) is 0.549. The third kappa shape index (κ3) is 1.85. The molecule has 0 bridgehead atoms. The second-order valence-electron chi connectivity index (χ2n) is 3.09. The summed E-state index contributed by atoms with van der Waals surface area (Å²) in [6.45, 7) is 0. The first-order valence-electron chi connectivity index (χ1n) is 4.47. The van der Waals surface area contributed by atoms with Gasteiger partial charge in [0.05, 0.1) is 11.4 Å². The predicted molar refractivity (Wildman–Crippen MR) is 56.4 cm³/mol. The second kappa shape index (κ2) is 3.90. The molecule has 2 rings (SSSR count). The number of aromatic nitrogens is 2. The van der Waals surface area contributed by atoms with Gasteiger partial charge in [-0.25, -0.2) is 4.79 Å². The molecule has 0 N–H and O–H groups in total. The van der Waals surface area contributed by atoms with Crippen LogP contribution in [-0.4, -0.2) is 15.9 Å². The summed E-state index contributed by atoms with van der Waals surface area (Å²) in [6.07, 6.45) is 3.25. The number of rotatable bonds is 2. The minimum atomic E-state index is 0.601. The molecule has 74 valence electrons. The van der Waals surface area contributed by atoms with E-state index in [2.05, 4.69) is 10.1 Å². The van der Waals surface area contributed by atoms with Gasteiger partial charge in [-0.15, -0.1) is 0 Å². The van der Waals surface area contributed by atoms with E-state index in [9.17, 15) is 4.79 Å². The Bertz CT molecular complexity index is 524. The van der Waals surface area contributed by atoms with E-state index >= 15 is 0 Å². The van der Waals surface area contributed by atoms with Crippen molar-refractivity contribution in [2.45, 2.75) is 0 Å². The van der Waals surface area contributed by atoms with Crippen molar-refractivity contribution in [3.05, 3.63) is 36.5 Å². The summed E-state index contributed by atoms with van der Waals surface area (Å²) in [5.41, 5.74) is 2.56. The molecule has 4 nitrogen and oxygen atoms in total. The van der Waals surface area contributed by atoms with Crippen molar-refractivity contribution in [1.29, 1.82) is 0 Å². The van der Waals surface area contributed by atoms with E-state index in [0.29, 0.717) is 5.69 Å². The summed E-state index contributed by atoms with van der Waals surface area (Å²) in [6, 6.07) is 9.27. The average molecular weight is 199 g/mol. The fraction of sp³-hybridized carbons (Fsp3) is 0.0909. The summed E-state index contributed by atoms with van der Waals surface area (Å²) in [5, 5.41) is 4.08.